The van der Waals surface area contributed by atoms with Crippen molar-refractivity contribution in [2.45, 2.75) is 64.3 Å². The van der Waals surface area contributed by atoms with E-state index in [1.807, 2.05) is 37.3 Å². The number of benzene rings is 1. The predicted octanol–water partition coefficient (Wildman–Crippen LogP) is 4.35. The van der Waals surface area contributed by atoms with Crippen molar-refractivity contribution in [3.05, 3.63) is 41.8 Å². The largest absolute Gasteiger partial charge is 0.441 e. The Balaban J connectivity index is 1.29. The Labute approximate surface area is 173 Å². The Bertz CT molecular complexity index is 796. The lowest BCUT2D eigenvalue weighted by Gasteiger charge is -2.35. The number of nitrogens with one attached hydrogen (secondary N) is 1. The number of hydrogen-bond donors (Lipinski definition) is 1. The monoisotopic (exact) mass is 395 g/mol. The highest BCUT2D eigenvalue weighted by atomic mass is 16.4. The third kappa shape index (κ3) is 5.47. The number of piperidine rings is 1. The van der Waals surface area contributed by atoms with Gasteiger partial charge in [-0.1, -0.05) is 31.0 Å². The fourth-order valence-corrected chi connectivity index (χ4v) is 4.82. The van der Waals surface area contributed by atoms with E-state index in [9.17, 15) is 4.79 Å². The molecular formula is C24H33N3O2. The van der Waals surface area contributed by atoms with E-state index in [4.69, 9.17) is 4.42 Å². The van der Waals surface area contributed by atoms with E-state index in [-0.39, 0.29) is 12.3 Å². The molecule has 0 unspecified atom stereocenters. The quantitative estimate of drug-likeness (QED) is 0.790. The number of amides is 1. The van der Waals surface area contributed by atoms with Crippen LogP contribution in [0.2, 0.25) is 0 Å². The minimum atomic E-state index is 0.0598. The van der Waals surface area contributed by atoms with Gasteiger partial charge in [0.15, 0.2) is 0 Å². The number of nitrogens with zero attached hydrogens (tertiary/aromatic N) is 2. The molecule has 4 rings (SSSR count). The molecule has 5 nitrogen and oxygen atoms in total. The van der Waals surface area contributed by atoms with Gasteiger partial charge in [0.1, 0.15) is 5.76 Å². The summed E-state index contributed by atoms with van der Waals surface area (Å²) in [6.45, 7) is 5.60. The molecule has 1 aliphatic carbocycles. The standard InChI is InChI=1S/C24H33N3O2/c1-18-22(26-24(29-18)20-10-4-2-5-11-20)16-23(28)25-21-12-8-9-19(15-21)17-27-13-6-3-7-14-27/h2,4-5,10-11,19,21H,3,6-9,12-17H2,1H3,(H,25,28)/t19-,21+/m1/s1. The van der Waals surface area contributed by atoms with Crippen molar-refractivity contribution in [2.24, 2.45) is 5.92 Å². The molecule has 1 aromatic heterocycles. The molecule has 1 N–H and O–H groups in total. The summed E-state index contributed by atoms with van der Waals surface area (Å²) in [5.74, 6) is 2.09. The van der Waals surface area contributed by atoms with Crippen molar-refractivity contribution in [1.29, 1.82) is 0 Å². The van der Waals surface area contributed by atoms with Gasteiger partial charge in [-0.3, -0.25) is 4.79 Å². The third-order valence-electron chi connectivity index (χ3n) is 6.35. The molecule has 1 aliphatic heterocycles. The second kappa shape index (κ2) is 9.57. The second-order valence-electron chi connectivity index (χ2n) is 8.72. The van der Waals surface area contributed by atoms with Gasteiger partial charge < -0.3 is 14.6 Å². The van der Waals surface area contributed by atoms with E-state index in [0.717, 1.165) is 29.9 Å². The minimum absolute atomic E-state index is 0.0598. The first kappa shape index (κ1) is 20.1. The molecule has 5 heteroatoms. The van der Waals surface area contributed by atoms with Crippen LogP contribution in [0.1, 0.15) is 56.4 Å². The molecule has 2 heterocycles. The van der Waals surface area contributed by atoms with E-state index < -0.39 is 0 Å². The normalized spacial score (nSPS) is 23.1. The van der Waals surface area contributed by atoms with Crippen LogP contribution in [0.5, 0.6) is 0 Å². The molecule has 2 fully saturated rings. The average molecular weight is 396 g/mol. The summed E-state index contributed by atoms with van der Waals surface area (Å²) in [5, 5.41) is 3.27. The maximum absolute atomic E-state index is 12.7. The number of carbonyl (C=O) groups is 1. The van der Waals surface area contributed by atoms with E-state index in [1.165, 1.54) is 51.7 Å². The van der Waals surface area contributed by atoms with Crippen LogP contribution in [0.3, 0.4) is 0 Å². The summed E-state index contributed by atoms with van der Waals surface area (Å²) < 4.78 is 5.80. The lowest BCUT2D eigenvalue weighted by molar-refractivity contribution is -0.121. The highest BCUT2D eigenvalue weighted by molar-refractivity contribution is 5.78. The molecule has 2 aliphatic rings. The summed E-state index contributed by atoms with van der Waals surface area (Å²) >= 11 is 0. The molecule has 1 saturated heterocycles. The lowest BCUT2D eigenvalue weighted by atomic mass is 9.85. The van der Waals surface area contributed by atoms with E-state index in [0.29, 0.717) is 17.9 Å². The Morgan fingerprint density at radius 2 is 1.93 bits per heavy atom. The number of aromatic nitrogens is 1. The smallest absolute Gasteiger partial charge is 0.226 e. The van der Waals surface area contributed by atoms with Crippen molar-refractivity contribution >= 4 is 5.91 Å². The number of oxazole rings is 1. The first-order valence-corrected chi connectivity index (χ1v) is 11.2. The van der Waals surface area contributed by atoms with Crippen LogP contribution in [-0.4, -0.2) is 41.5 Å². The van der Waals surface area contributed by atoms with Gasteiger partial charge >= 0.3 is 0 Å². The predicted molar refractivity (Wildman–Crippen MR) is 115 cm³/mol. The van der Waals surface area contributed by atoms with Crippen molar-refractivity contribution < 1.29 is 9.21 Å². The molecule has 0 radical (unpaired) electrons. The summed E-state index contributed by atoms with van der Waals surface area (Å²) in [7, 11) is 0. The highest BCUT2D eigenvalue weighted by Crippen LogP contribution is 2.27. The zero-order valence-electron chi connectivity index (χ0n) is 17.5. The van der Waals surface area contributed by atoms with Crippen LogP contribution < -0.4 is 5.32 Å². The lowest BCUT2D eigenvalue weighted by Crippen LogP contribution is -2.42. The third-order valence-corrected chi connectivity index (χ3v) is 6.35. The van der Waals surface area contributed by atoms with Crippen LogP contribution >= 0.6 is 0 Å². The first-order valence-electron chi connectivity index (χ1n) is 11.2. The molecule has 1 amide bonds. The van der Waals surface area contributed by atoms with Gasteiger partial charge in [-0.2, -0.15) is 0 Å². The van der Waals surface area contributed by atoms with Crippen LogP contribution in [-0.2, 0) is 11.2 Å². The van der Waals surface area contributed by atoms with E-state index in [1.54, 1.807) is 0 Å². The number of rotatable bonds is 6. The second-order valence-corrected chi connectivity index (χ2v) is 8.72. The summed E-state index contributed by atoms with van der Waals surface area (Å²) in [5.41, 5.74) is 1.68. The van der Waals surface area contributed by atoms with Gasteiger partial charge in [-0.05, 0) is 70.2 Å². The summed E-state index contributed by atoms with van der Waals surface area (Å²) in [6, 6.07) is 10.1. The van der Waals surface area contributed by atoms with Crippen LogP contribution in [0.4, 0.5) is 0 Å². The maximum atomic E-state index is 12.7. The van der Waals surface area contributed by atoms with Crippen molar-refractivity contribution in [2.75, 3.05) is 19.6 Å². The minimum Gasteiger partial charge on any atom is -0.441 e. The average Bonchev–Trinajstić information content (AvgIpc) is 3.10. The fraction of sp³-hybridized carbons (Fsp3) is 0.583. The van der Waals surface area contributed by atoms with Crippen molar-refractivity contribution in [3.8, 4) is 11.5 Å². The molecular weight excluding hydrogens is 362 g/mol. The number of aryl methyl sites for hydroxylation is 1. The molecule has 29 heavy (non-hydrogen) atoms. The fourth-order valence-electron chi connectivity index (χ4n) is 4.82. The number of carbonyl (C=O) groups excluding carboxylic acids is 1. The zero-order chi connectivity index (χ0) is 20.1. The molecule has 1 aromatic carbocycles. The molecule has 156 valence electrons. The Hall–Kier alpha value is -2.14. The van der Waals surface area contributed by atoms with Gasteiger partial charge in [0, 0.05) is 18.2 Å². The van der Waals surface area contributed by atoms with Gasteiger partial charge in [-0.25, -0.2) is 4.98 Å². The molecule has 0 bridgehead atoms. The van der Waals surface area contributed by atoms with Crippen LogP contribution in [0.25, 0.3) is 11.5 Å². The zero-order valence-corrected chi connectivity index (χ0v) is 17.5. The van der Waals surface area contributed by atoms with Crippen molar-refractivity contribution in [3.63, 3.8) is 0 Å². The topological polar surface area (TPSA) is 58.4 Å². The Morgan fingerprint density at radius 1 is 1.14 bits per heavy atom. The highest BCUT2D eigenvalue weighted by Gasteiger charge is 2.26. The summed E-state index contributed by atoms with van der Waals surface area (Å²) in [4.78, 5) is 19.9. The van der Waals surface area contributed by atoms with Crippen LogP contribution in [0.15, 0.2) is 34.7 Å². The SMILES string of the molecule is Cc1oc(-c2ccccc2)nc1CC(=O)N[C@H]1CCC[C@@H](CN2CCCCC2)C1. The van der Waals surface area contributed by atoms with E-state index in [2.05, 4.69) is 15.2 Å². The Morgan fingerprint density at radius 3 is 2.72 bits per heavy atom. The van der Waals surface area contributed by atoms with Crippen molar-refractivity contribution in [1.82, 2.24) is 15.2 Å². The molecule has 0 spiro atoms. The maximum Gasteiger partial charge on any atom is 0.226 e. The number of hydrogen-bond acceptors (Lipinski definition) is 4. The van der Waals surface area contributed by atoms with E-state index >= 15 is 0 Å². The van der Waals surface area contributed by atoms with Gasteiger partial charge in [0.05, 0.1) is 12.1 Å². The molecule has 2 atom stereocenters. The van der Waals surface area contributed by atoms with Crippen LogP contribution in [0, 0.1) is 12.8 Å². The Kier molecular flexibility index (Phi) is 6.65. The molecule has 2 aromatic rings. The van der Waals surface area contributed by atoms with Gasteiger partial charge in [0.2, 0.25) is 11.8 Å². The molecule has 1 saturated carbocycles. The van der Waals surface area contributed by atoms with Gasteiger partial charge in [0.25, 0.3) is 0 Å². The first-order chi connectivity index (χ1) is 14.2. The van der Waals surface area contributed by atoms with Gasteiger partial charge in [-0.15, -0.1) is 0 Å². The number of likely N-dealkylation sites (tertiary alicyclic amines) is 1. The summed E-state index contributed by atoms with van der Waals surface area (Å²) in [6.07, 6.45) is 9.06.